The van der Waals surface area contributed by atoms with Crippen molar-refractivity contribution in [3.8, 4) is 6.07 Å². The van der Waals surface area contributed by atoms with Gasteiger partial charge in [-0.25, -0.2) is 0 Å². The summed E-state index contributed by atoms with van der Waals surface area (Å²) < 4.78 is 6.35. The van der Waals surface area contributed by atoms with Crippen LogP contribution in [-0.4, -0.2) is 25.5 Å². The second-order valence-electron chi connectivity index (χ2n) is 6.51. The molecule has 0 radical (unpaired) electrons. The highest BCUT2D eigenvalue weighted by atomic mass is 35.5. The quantitative estimate of drug-likeness (QED) is 0.813. The Bertz CT molecular complexity index is 764. The summed E-state index contributed by atoms with van der Waals surface area (Å²) in [5.41, 5.74) is 3.62. The summed E-state index contributed by atoms with van der Waals surface area (Å²) in [4.78, 5) is 2.18. The number of rotatable bonds is 5. The zero-order valence-electron chi connectivity index (χ0n) is 14.1. The van der Waals surface area contributed by atoms with Crippen molar-refractivity contribution >= 4 is 11.6 Å². The number of nitrogens with zero attached hydrogens (tertiary/aromatic N) is 2. The van der Waals surface area contributed by atoms with Crippen molar-refractivity contribution in [2.75, 3.05) is 20.6 Å². The zero-order chi connectivity index (χ0) is 17.2. The van der Waals surface area contributed by atoms with E-state index in [0.29, 0.717) is 12.2 Å². The van der Waals surface area contributed by atoms with Crippen LogP contribution >= 0.6 is 11.6 Å². The lowest BCUT2D eigenvalue weighted by molar-refractivity contribution is -0.0139. The number of nitriles is 1. The highest BCUT2D eigenvalue weighted by Crippen LogP contribution is 2.45. The molecule has 0 N–H and O–H groups in total. The largest absolute Gasteiger partial charge is 0.361 e. The van der Waals surface area contributed by atoms with Crippen LogP contribution in [0.3, 0.4) is 0 Å². The van der Waals surface area contributed by atoms with Crippen LogP contribution in [0, 0.1) is 11.3 Å². The van der Waals surface area contributed by atoms with E-state index in [1.54, 1.807) is 0 Å². The van der Waals surface area contributed by atoms with Gasteiger partial charge in [0.05, 0.1) is 18.2 Å². The third kappa shape index (κ3) is 3.18. The van der Waals surface area contributed by atoms with Crippen LogP contribution in [0.2, 0.25) is 5.02 Å². The molecule has 0 spiro atoms. The minimum atomic E-state index is -0.454. The molecule has 0 saturated carbocycles. The van der Waals surface area contributed by atoms with E-state index in [1.165, 1.54) is 5.56 Å². The topological polar surface area (TPSA) is 36.3 Å². The van der Waals surface area contributed by atoms with Gasteiger partial charge < -0.3 is 9.64 Å². The molecule has 0 fully saturated rings. The first kappa shape index (κ1) is 17.0. The van der Waals surface area contributed by atoms with E-state index < -0.39 is 5.60 Å². The van der Waals surface area contributed by atoms with Crippen molar-refractivity contribution in [3.05, 3.63) is 69.7 Å². The first-order valence-corrected chi connectivity index (χ1v) is 8.51. The van der Waals surface area contributed by atoms with Gasteiger partial charge in [-0.3, -0.25) is 0 Å². The molecular formula is C20H21ClN2O. The van der Waals surface area contributed by atoms with Gasteiger partial charge in [-0.1, -0.05) is 29.8 Å². The molecule has 2 aromatic carbocycles. The zero-order valence-corrected chi connectivity index (χ0v) is 14.8. The van der Waals surface area contributed by atoms with E-state index in [4.69, 9.17) is 21.6 Å². The fourth-order valence-electron chi connectivity index (χ4n) is 3.41. The lowest BCUT2D eigenvalue weighted by Gasteiger charge is -2.31. The molecule has 0 unspecified atom stereocenters. The lowest BCUT2D eigenvalue weighted by atomic mass is 9.81. The molecule has 1 atom stereocenters. The van der Waals surface area contributed by atoms with Crippen molar-refractivity contribution in [1.29, 1.82) is 5.26 Å². The molecule has 1 heterocycles. The van der Waals surface area contributed by atoms with Crippen LogP contribution in [0.4, 0.5) is 0 Å². The van der Waals surface area contributed by atoms with Gasteiger partial charge in [0.15, 0.2) is 0 Å². The standard InChI is InChI=1S/C20H21ClN2O/c1-23(2)11-3-10-20(17-5-7-18(21)8-6-17)19-9-4-15(13-22)12-16(19)14-24-20/h4-9,12H,3,10-11,14H2,1-2H3/t20-/m1/s1. The van der Waals surface area contributed by atoms with E-state index in [-0.39, 0.29) is 0 Å². The molecule has 0 amide bonds. The molecule has 124 valence electrons. The molecule has 4 heteroatoms. The smallest absolute Gasteiger partial charge is 0.119 e. The van der Waals surface area contributed by atoms with Crippen molar-refractivity contribution in [2.45, 2.75) is 25.0 Å². The van der Waals surface area contributed by atoms with E-state index in [2.05, 4.69) is 25.1 Å². The van der Waals surface area contributed by atoms with Gasteiger partial charge in [-0.05, 0) is 74.4 Å². The van der Waals surface area contributed by atoms with Crippen LogP contribution in [0.1, 0.15) is 35.1 Å². The average molecular weight is 341 g/mol. The third-order valence-electron chi connectivity index (χ3n) is 4.59. The minimum Gasteiger partial charge on any atom is -0.361 e. The summed E-state index contributed by atoms with van der Waals surface area (Å²) in [7, 11) is 4.16. The van der Waals surface area contributed by atoms with Crippen LogP contribution < -0.4 is 0 Å². The van der Waals surface area contributed by atoms with Crippen LogP contribution in [-0.2, 0) is 16.9 Å². The number of fused-ring (bicyclic) bond motifs is 1. The average Bonchev–Trinajstić information content (AvgIpc) is 2.94. The van der Waals surface area contributed by atoms with Crippen LogP contribution in [0.5, 0.6) is 0 Å². The van der Waals surface area contributed by atoms with E-state index in [9.17, 15) is 0 Å². The predicted molar refractivity (Wildman–Crippen MR) is 96.0 cm³/mol. The molecule has 3 rings (SSSR count). The first-order chi connectivity index (χ1) is 11.5. The maximum Gasteiger partial charge on any atom is 0.119 e. The summed E-state index contributed by atoms with van der Waals surface area (Å²) in [6.45, 7) is 1.54. The Hall–Kier alpha value is -1.86. The number of benzene rings is 2. The fraction of sp³-hybridized carbons (Fsp3) is 0.350. The number of hydrogen-bond acceptors (Lipinski definition) is 3. The Labute approximate surface area is 148 Å². The third-order valence-corrected chi connectivity index (χ3v) is 4.84. The highest BCUT2D eigenvalue weighted by molar-refractivity contribution is 6.30. The second-order valence-corrected chi connectivity index (χ2v) is 6.95. The maximum absolute atomic E-state index is 9.14. The molecule has 1 aliphatic rings. The second kappa shape index (κ2) is 6.94. The Balaban J connectivity index is 2.02. The molecule has 1 aliphatic heterocycles. The predicted octanol–water partition coefficient (Wildman–Crippen LogP) is 4.33. The SMILES string of the molecule is CN(C)CCC[C@]1(c2ccc(Cl)cc2)OCc2cc(C#N)ccc21. The van der Waals surface area contributed by atoms with Crippen LogP contribution in [0.15, 0.2) is 42.5 Å². The Morgan fingerprint density at radius 2 is 1.96 bits per heavy atom. The Morgan fingerprint density at radius 1 is 1.21 bits per heavy atom. The molecule has 0 aromatic heterocycles. The van der Waals surface area contributed by atoms with Crippen molar-refractivity contribution in [2.24, 2.45) is 0 Å². The normalized spacial score (nSPS) is 19.3. The van der Waals surface area contributed by atoms with Gasteiger partial charge in [0.2, 0.25) is 0 Å². The highest BCUT2D eigenvalue weighted by Gasteiger charge is 2.41. The Morgan fingerprint density at radius 3 is 2.62 bits per heavy atom. The number of hydrogen-bond donors (Lipinski definition) is 0. The molecular weight excluding hydrogens is 320 g/mol. The summed E-state index contributed by atoms with van der Waals surface area (Å²) >= 11 is 6.07. The number of halogens is 1. The van der Waals surface area contributed by atoms with Gasteiger partial charge in [0.25, 0.3) is 0 Å². The van der Waals surface area contributed by atoms with Crippen molar-refractivity contribution < 1.29 is 4.74 Å². The summed E-state index contributed by atoms with van der Waals surface area (Å²) in [6, 6.07) is 16.0. The lowest BCUT2D eigenvalue weighted by Crippen LogP contribution is -2.28. The van der Waals surface area contributed by atoms with Gasteiger partial charge in [-0.15, -0.1) is 0 Å². The van der Waals surface area contributed by atoms with Crippen LogP contribution in [0.25, 0.3) is 0 Å². The van der Waals surface area contributed by atoms with Crippen molar-refractivity contribution in [3.63, 3.8) is 0 Å². The molecule has 0 bridgehead atoms. The maximum atomic E-state index is 9.14. The van der Waals surface area contributed by atoms with Gasteiger partial charge in [-0.2, -0.15) is 5.26 Å². The summed E-state index contributed by atoms with van der Waals surface area (Å²) in [5, 5.41) is 9.86. The van der Waals surface area contributed by atoms with Gasteiger partial charge in [0, 0.05) is 5.02 Å². The molecule has 0 saturated heterocycles. The molecule has 0 aliphatic carbocycles. The Kier molecular flexibility index (Phi) is 4.91. The summed E-state index contributed by atoms with van der Waals surface area (Å²) in [5.74, 6) is 0. The number of ether oxygens (including phenoxy) is 1. The first-order valence-electron chi connectivity index (χ1n) is 8.13. The molecule has 24 heavy (non-hydrogen) atoms. The minimum absolute atomic E-state index is 0.454. The molecule has 3 nitrogen and oxygen atoms in total. The van der Waals surface area contributed by atoms with E-state index in [0.717, 1.165) is 35.5 Å². The van der Waals surface area contributed by atoms with E-state index in [1.807, 2.05) is 42.5 Å². The van der Waals surface area contributed by atoms with Gasteiger partial charge >= 0.3 is 0 Å². The molecule has 2 aromatic rings. The van der Waals surface area contributed by atoms with E-state index >= 15 is 0 Å². The van der Waals surface area contributed by atoms with Crippen molar-refractivity contribution in [1.82, 2.24) is 4.90 Å². The monoisotopic (exact) mass is 340 g/mol. The fourth-order valence-corrected chi connectivity index (χ4v) is 3.53. The summed E-state index contributed by atoms with van der Waals surface area (Å²) in [6.07, 6.45) is 1.92. The van der Waals surface area contributed by atoms with Gasteiger partial charge in [0.1, 0.15) is 5.60 Å².